The lowest BCUT2D eigenvalue weighted by molar-refractivity contribution is 0.302. The summed E-state index contributed by atoms with van der Waals surface area (Å²) in [6.07, 6.45) is 6.31. The Bertz CT molecular complexity index is 342. The number of nitrogens with two attached hydrogens (primary N) is 1. The third kappa shape index (κ3) is 2.86. The zero-order valence-electron chi connectivity index (χ0n) is 10.9. The van der Waals surface area contributed by atoms with Crippen LogP contribution < -0.4 is 5.73 Å². The van der Waals surface area contributed by atoms with E-state index in [-0.39, 0.29) is 5.92 Å². The minimum Gasteiger partial charge on any atom is -0.339 e. The van der Waals surface area contributed by atoms with Gasteiger partial charge in [0.05, 0.1) is 0 Å². The number of hydrogen-bond acceptors (Lipinski definition) is 4. The van der Waals surface area contributed by atoms with Crippen LogP contribution in [0.4, 0.5) is 0 Å². The molecule has 0 aliphatic heterocycles. The van der Waals surface area contributed by atoms with Crippen LogP contribution in [0.3, 0.4) is 0 Å². The van der Waals surface area contributed by atoms with E-state index in [1.807, 2.05) is 6.92 Å². The van der Waals surface area contributed by atoms with Crippen molar-refractivity contribution >= 4 is 0 Å². The highest BCUT2D eigenvalue weighted by Gasteiger charge is 2.25. The van der Waals surface area contributed by atoms with Gasteiger partial charge in [-0.25, -0.2) is 0 Å². The van der Waals surface area contributed by atoms with Crippen molar-refractivity contribution < 1.29 is 4.52 Å². The molecule has 0 saturated heterocycles. The quantitative estimate of drug-likeness (QED) is 0.874. The molecule has 0 amide bonds. The van der Waals surface area contributed by atoms with E-state index in [2.05, 4.69) is 17.1 Å². The van der Waals surface area contributed by atoms with Gasteiger partial charge < -0.3 is 10.3 Å². The first-order valence-corrected chi connectivity index (χ1v) is 6.78. The lowest BCUT2D eigenvalue weighted by Crippen LogP contribution is -2.14. The van der Waals surface area contributed by atoms with E-state index >= 15 is 0 Å². The van der Waals surface area contributed by atoms with Crippen LogP contribution in [0.5, 0.6) is 0 Å². The third-order valence-corrected chi connectivity index (χ3v) is 4.02. The van der Waals surface area contributed by atoms with Gasteiger partial charge in [-0.1, -0.05) is 25.4 Å². The molecular formula is C13H23N3O. The summed E-state index contributed by atoms with van der Waals surface area (Å²) in [5.74, 6) is 3.17. The number of rotatable bonds is 4. The molecule has 1 heterocycles. The summed E-state index contributed by atoms with van der Waals surface area (Å²) in [7, 11) is 0. The second kappa shape index (κ2) is 5.63. The van der Waals surface area contributed by atoms with Crippen molar-refractivity contribution in [3.8, 4) is 0 Å². The Labute approximate surface area is 103 Å². The van der Waals surface area contributed by atoms with E-state index in [0.29, 0.717) is 18.4 Å². The van der Waals surface area contributed by atoms with Gasteiger partial charge in [0.2, 0.25) is 5.89 Å². The van der Waals surface area contributed by atoms with Crippen molar-refractivity contribution in [2.75, 3.05) is 6.54 Å². The maximum absolute atomic E-state index is 5.60. The van der Waals surface area contributed by atoms with Crippen LogP contribution in [-0.4, -0.2) is 16.7 Å². The lowest BCUT2D eigenvalue weighted by Gasteiger charge is -2.25. The topological polar surface area (TPSA) is 64.9 Å². The molecule has 96 valence electrons. The van der Waals surface area contributed by atoms with Crippen molar-refractivity contribution in [2.24, 2.45) is 11.7 Å². The molecule has 0 aromatic carbocycles. The average molecular weight is 237 g/mol. The predicted octanol–water partition coefficient (Wildman–Crippen LogP) is 2.82. The molecule has 1 aromatic rings. The van der Waals surface area contributed by atoms with Crippen LogP contribution in [0.15, 0.2) is 4.52 Å². The summed E-state index contributed by atoms with van der Waals surface area (Å²) in [4.78, 5) is 4.50. The standard InChI is InChI=1S/C13H23N3O/c1-3-10-4-6-11(7-5-10)12-15-13(17-16-12)9(2)8-14/h9-11H,3-8,14H2,1-2H3. The molecule has 0 bridgehead atoms. The van der Waals surface area contributed by atoms with Gasteiger partial charge in [-0.2, -0.15) is 4.98 Å². The molecule has 1 saturated carbocycles. The van der Waals surface area contributed by atoms with Gasteiger partial charge in [-0.3, -0.25) is 0 Å². The molecule has 4 nitrogen and oxygen atoms in total. The van der Waals surface area contributed by atoms with Crippen LogP contribution in [0.2, 0.25) is 0 Å². The van der Waals surface area contributed by atoms with Crippen LogP contribution in [0, 0.1) is 5.92 Å². The summed E-state index contributed by atoms with van der Waals surface area (Å²) in [6.45, 7) is 4.86. The fraction of sp³-hybridized carbons (Fsp3) is 0.846. The van der Waals surface area contributed by atoms with Crippen molar-refractivity contribution in [3.63, 3.8) is 0 Å². The van der Waals surface area contributed by atoms with Gasteiger partial charge in [-0.15, -0.1) is 0 Å². The molecule has 17 heavy (non-hydrogen) atoms. The Morgan fingerprint density at radius 1 is 1.35 bits per heavy atom. The molecule has 0 radical (unpaired) electrons. The highest BCUT2D eigenvalue weighted by atomic mass is 16.5. The fourth-order valence-electron chi connectivity index (χ4n) is 2.54. The third-order valence-electron chi connectivity index (χ3n) is 4.02. The zero-order valence-corrected chi connectivity index (χ0v) is 10.9. The molecule has 1 fully saturated rings. The first-order chi connectivity index (χ1) is 8.24. The van der Waals surface area contributed by atoms with Crippen LogP contribution in [0.25, 0.3) is 0 Å². The van der Waals surface area contributed by atoms with Gasteiger partial charge in [0.15, 0.2) is 5.82 Å². The van der Waals surface area contributed by atoms with Crippen molar-refractivity contribution in [3.05, 3.63) is 11.7 Å². The zero-order chi connectivity index (χ0) is 12.3. The van der Waals surface area contributed by atoms with E-state index in [1.165, 1.54) is 32.1 Å². The first-order valence-electron chi connectivity index (χ1n) is 6.78. The Kier molecular flexibility index (Phi) is 4.15. The monoisotopic (exact) mass is 237 g/mol. The highest BCUT2D eigenvalue weighted by molar-refractivity contribution is 5.00. The predicted molar refractivity (Wildman–Crippen MR) is 66.8 cm³/mol. The molecule has 1 aliphatic carbocycles. The fourth-order valence-corrected chi connectivity index (χ4v) is 2.54. The summed E-state index contributed by atoms with van der Waals surface area (Å²) >= 11 is 0. The molecule has 1 unspecified atom stereocenters. The summed E-state index contributed by atoms with van der Waals surface area (Å²) in [6, 6.07) is 0. The van der Waals surface area contributed by atoms with E-state index in [9.17, 15) is 0 Å². The van der Waals surface area contributed by atoms with Crippen LogP contribution in [0.1, 0.15) is 69.5 Å². The second-order valence-corrected chi connectivity index (χ2v) is 5.25. The molecule has 4 heteroatoms. The van der Waals surface area contributed by atoms with Crippen LogP contribution >= 0.6 is 0 Å². The second-order valence-electron chi connectivity index (χ2n) is 5.25. The van der Waals surface area contributed by atoms with E-state index < -0.39 is 0 Å². The molecule has 2 rings (SSSR count). The molecule has 1 aliphatic rings. The van der Waals surface area contributed by atoms with E-state index in [1.54, 1.807) is 0 Å². The van der Waals surface area contributed by atoms with Crippen molar-refractivity contribution in [1.29, 1.82) is 0 Å². The van der Waals surface area contributed by atoms with E-state index in [4.69, 9.17) is 10.3 Å². The van der Waals surface area contributed by atoms with Gasteiger partial charge in [0.25, 0.3) is 0 Å². The number of aromatic nitrogens is 2. The maximum Gasteiger partial charge on any atom is 0.230 e. The van der Waals surface area contributed by atoms with Gasteiger partial charge in [0.1, 0.15) is 0 Å². The van der Waals surface area contributed by atoms with Crippen LogP contribution in [-0.2, 0) is 0 Å². The average Bonchev–Trinajstić information content (AvgIpc) is 2.87. The Morgan fingerprint density at radius 3 is 2.65 bits per heavy atom. The number of nitrogens with zero attached hydrogens (tertiary/aromatic N) is 2. The summed E-state index contributed by atoms with van der Waals surface area (Å²) in [5, 5.41) is 4.12. The Balaban J connectivity index is 1.97. The molecule has 2 N–H and O–H groups in total. The first kappa shape index (κ1) is 12.6. The van der Waals surface area contributed by atoms with Gasteiger partial charge in [0, 0.05) is 18.4 Å². The van der Waals surface area contributed by atoms with Gasteiger partial charge in [-0.05, 0) is 31.6 Å². The Morgan fingerprint density at radius 2 is 2.06 bits per heavy atom. The SMILES string of the molecule is CCC1CCC(c2noc(C(C)CN)n2)CC1. The number of hydrogen-bond donors (Lipinski definition) is 1. The van der Waals surface area contributed by atoms with Crippen molar-refractivity contribution in [1.82, 2.24) is 10.1 Å². The minimum absolute atomic E-state index is 0.170. The summed E-state index contributed by atoms with van der Waals surface area (Å²) in [5.41, 5.74) is 5.60. The maximum atomic E-state index is 5.60. The smallest absolute Gasteiger partial charge is 0.230 e. The molecule has 1 atom stereocenters. The molecule has 1 aromatic heterocycles. The summed E-state index contributed by atoms with van der Waals surface area (Å²) < 4.78 is 5.28. The van der Waals surface area contributed by atoms with E-state index in [0.717, 1.165) is 11.7 Å². The van der Waals surface area contributed by atoms with Crippen molar-refractivity contribution in [2.45, 2.75) is 57.8 Å². The lowest BCUT2D eigenvalue weighted by atomic mass is 9.80. The minimum atomic E-state index is 0.170. The largest absolute Gasteiger partial charge is 0.339 e. The van der Waals surface area contributed by atoms with Gasteiger partial charge >= 0.3 is 0 Å². The highest BCUT2D eigenvalue weighted by Crippen LogP contribution is 2.35. The Hall–Kier alpha value is -0.900. The molecular weight excluding hydrogens is 214 g/mol. The molecule has 0 spiro atoms. The normalized spacial score (nSPS) is 27.0.